The standard InChI is InChI=1S/C17H24N2O/c1-12(2)10-15-17(20)16(14-8-6-5-7-9-14)18-19(15)11-13(3)4/h5-9,12-13,20H,10-11H2,1-4H3. The van der Waals surface area contributed by atoms with E-state index in [1.165, 1.54) is 0 Å². The summed E-state index contributed by atoms with van der Waals surface area (Å²) in [6.07, 6.45) is 0.846. The molecule has 20 heavy (non-hydrogen) atoms. The fraction of sp³-hybridized carbons (Fsp3) is 0.471. The van der Waals surface area contributed by atoms with E-state index in [0.717, 1.165) is 24.2 Å². The summed E-state index contributed by atoms with van der Waals surface area (Å²) in [5, 5.41) is 15.2. The van der Waals surface area contributed by atoms with E-state index in [4.69, 9.17) is 0 Å². The van der Waals surface area contributed by atoms with E-state index in [-0.39, 0.29) is 0 Å². The summed E-state index contributed by atoms with van der Waals surface area (Å²) in [5.41, 5.74) is 2.62. The molecule has 0 aliphatic carbocycles. The number of hydrogen-bond acceptors (Lipinski definition) is 2. The molecule has 2 rings (SSSR count). The highest BCUT2D eigenvalue weighted by Gasteiger charge is 2.19. The molecule has 3 nitrogen and oxygen atoms in total. The lowest BCUT2D eigenvalue weighted by Crippen LogP contribution is -2.11. The maximum atomic E-state index is 10.5. The van der Waals surface area contributed by atoms with Crippen LogP contribution in [0.3, 0.4) is 0 Å². The largest absolute Gasteiger partial charge is 0.504 e. The van der Waals surface area contributed by atoms with Crippen LogP contribution in [-0.4, -0.2) is 14.9 Å². The van der Waals surface area contributed by atoms with Crippen molar-refractivity contribution in [1.29, 1.82) is 0 Å². The van der Waals surface area contributed by atoms with Gasteiger partial charge in [-0.3, -0.25) is 4.68 Å². The topological polar surface area (TPSA) is 38.1 Å². The van der Waals surface area contributed by atoms with Crippen LogP contribution in [0.1, 0.15) is 33.4 Å². The molecule has 0 bridgehead atoms. The third-order valence-electron chi connectivity index (χ3n) is 3.22. The highest BCUT2D eigenvalue weighted by atomic mass is 16.3. The normalized spacial score (nSPS) is 11.5. The molecule has 0 atom stereocenters. The zero-order valence-electron chi connectivity index (χ0n) is 12.8. The summed E-state index contributed by atoms with van der Waals surface area (Å²) in [6.45, 7) is 9.49. The third kappa shape index (κ3) is 3.21. The maximum Gasteiger partial charge on any atom is 0.164 e. The molecule has 1 aromatic carbocycles. The summed E-state index contributed by atoms with van der Waals surface area (Å²) in [7, 11) is 0. The summed E-state index contributed by atoms with van der Waals surface area (Å²) in [4.78, 5) is 0. The molecule has 0 aliphatic rings. The fourth-order valence-electron chi connectivity index (χ4n) is 2.36. The molecule has 3 heteroatoms. The van der Waals surface area contributed by atoms with Gasteiger partial charge in [-0.1, -0.05) is 58.0 Å². The Labute approximate surface area is 121 Å². The van der Waals surface area contributed by atoms with Crippen LogP contribution in [-0.2, 0) is 13.0 Å². The molecule has 2 aromatic rings. The Bertz CT molecular complexity index is 556. The van der Waals surface area contributed by atoms with Crippen LogP contribution in [0.5, 0.6) is 5.75 Å². The van der Waals surface area contributed by atoms with Crippen molar-refractivity contribution in [2.75, 3.05) is 0 Å². The Morgan fingerprint density at radius 2 is 1.70 bits per heavy atom. The van der Waals surface area contributed by atoms with Gasteiger partial charge in [0.2, 0.25) is 0 Å². The molecule has 1 N–H and O–H groups in total. The van der Waals surface area contributed by atoms with Crippen LogP contribution in [0.15, 0.2) is 30.3 Å². The first kappa shape index (κ1) is 14.6. The van der Waals surface area contributed by atoms with E-state index in [1.807, 2.05) is 35.0 Å². The second-order valence-corrected chi connectivity index (χ2v) is 6.18. The molecular formula is C17H24N2O. The molecule has 0 unspecified atom stereocenters. The van der Waals surface area contributed by atoms with Crippen molar-refractivity contribution in [3.63, 3.8) is 0 Å². The molecule has 1 heterocycles. The first-order valence-electron chi connectivity index (χ1n) is 7.33. The summed E-state index contributed by atoms with van der Waals surface area (Å²) >= 11 is 0. The van der Waals surface area contributed by atoms with Gasteiger partial charge in [0.25, 0.3) is 0 Å². The molecule has 0 radical (unpaired) electrons. The van der Waals surface area contributed by atoms with Gasteiger partial charge in [0, 0.05) is 12.1 Å². The van der Waals surface area contributed by atoms with Gasteiger partial charge in [0.05, 0.1) is 5.69 Å². The second-order valence-electron chi connectivity index (χ2n) is 6.18. The van der Waals surface area contributed by atoms with Crippen LogP contribution in [0.4, 0.5) is 0 Å². The number of benzene rings is 1. The minimum absolute atomic E-state index is 0.338. The zero-order valence-corrected chi connectivity index (χ0v) is 12.8. The van der Waals surface area contributed by atoms with Crippen LogP contribution in [0, 0.1) is 11.8 Å². The minimum Gasteiger partial charge on any atom is -0.504 e. The van der Waals surface area contributed by atoms with Crippen molar-refractivity contribution in [2.45, 2.75) is 40.7 Å². The van der Waals surface area contributed by atoms with Crippen LogP contribution in [0.2, 0.25) is 0 Å². The Morgan fingerprint density at radius 1 is 1.05 bits per heavy atom. The van der Waals surface area contributed by atoms with Crippen LogP contribution in [0.25, 0.3) is 11.3 Å². The van der Waals surface area contributed by atoms with E-state index in [2.05, 4.69) is 32.8 Å². The average molecular weight is 272 g/mol. The van der Waals surface area contributed by atoms with Crippen molar-refractivity contribution < 1.29 is 5.11 Å². The molecule has 108 valence electrons. The SMILES string of the molecule is CC(C)Cc1c(O)c(-c2ccccc2)nn1CC(C)C. The highest BCUT2D eigenvalue weighted by Crippen LogP contribution is 2.33. The van der Waals surface area contributed by atoms with E-state index < -0.39 is 0 Å². The summed E-state index contributed by atoms with van der Waals surface area (Å²) < 4.78 is 1.97. The molecular weight excluding hydrogens is 248 g/mol. The van der Waals surface area contributed by atoms with Crippen molar-refractivity contribution in [2.24, 2.45) is 11.8 Å². The van der Waals surface area contributed by atoms with Gasteiger partial charge in [0.15, 0.2) is 5.75 Å². The summed E-state index contributed by atoms with van der Waals surface area (Å²) in [6, 6.07) is 9.89. The lowest BCUT2D eigenvalue weighted by molar-refractivity contribution is 0.432. The average Bonchev–Trinajstić information content (AvgIpc) is 2.67. The van der Waals surface area contributed by atoms with Gasteiger partial charge in [-0.15, -0.1) is 0 Å². The number of rotatable bonds is 5. The van der Waals surface area contributed by atoms with Gasteiger partial charge >= 0.3 is 0 Å². The molecule has 0 spiro atoms. The van der Waals surface area contributed by atoms with Gasteiger partial charge < -0.3 is 5.11 Å². The first-order chi connectivity index (χ1) is 9.49. The number of aromatic hydroxyl groups is 1. The van der Waals surface area contributed by atoms with Gasteiger partial charge in [-0.25, -0.2) is 0 Å². The van der Waals surface area contributed by atoms with Crippen molar-refractivity contribution >= 4 is 0 Å². The van der Waals surface area contributed by atoms with Gasteiger partial charge in [-0.2, -0.15) is 5.10 Å². The third-order valence-corrected chi connectivity index (χ3v) is 3.22. The first-order valence-corrected chi connectivity index (χ1v) is 7.33. The Kier molecular flexibility index (Phi) is 4.48. The number of aromatic nitrogens is 2. The molecule has 1 aromatic heterocycles. The molecule has 0 aliphatic heterocycles. The predicted octanol–water partition coefficient (Wildman–Crippen LogP) is 4.11. The van der Waals surface area contributed by atoms with Crippen molar-refractivity contribution in [3.8, 4) is 17.0 Å². The van der Waals surface area contributed by atoms with Gasteiger partial charge in [-0.05, 0) is 18.3 Å². The second kappa shape index (κ2) is 6.12. The molecule has 0 saturated carbocycles. The van der Waals surface area contributed by atoms with E-state index in [9.17, 15) is 5.11 Å². The Balaban J connectivity index is 2.46. The zero-order chi connectivity index (χ0) is 14.7. The lowest BCUT2D eigenvalue weighted by atomic mass is 10.1. The number of hydrogen-bond donors (Lipinski definition) is 1. The van der Waals surface area contributed by atoms with E-state index >= 15 is 0 Å². The number of nitrogens with zero attached hydrogens (tertiary/aromatic N) is 2. The van der Waals surface area contributed by atoms with Gasteiger partial charge in [0.1, 0.15) is 5.69 Å². The van der Waals surface area contributed by atoms with Crippen molar-refractivity contribution in [1.82, 2.24) is 9.78 Å². The highest BCUT2D eigenvalue weighted by molar-refractivity contribution is 5.67. The monoisotopic (exact) mass is 272 g/mol. The predicted molar refractivity (Wildman–Crippen MR) is 82.7 cm³/mol. The quantitative estimate of drug-likeness (QED) is 0.889. The summed E-state index contributed by atoms with van der Waals surface area (Å²) in [5.74, 6) is 1.33. The maximum absolute atomic E-state index is 10.5. The Morgan fingerprint density at radius 3 is 2.25 bits per heavy atom. The molecule has 0 amide bonds. The van der Waals surface area contributed by atoms with Crippen LogP contribution < -0.4 is 0 Å². The van der Waals surface area contributed by atoms with E-state index in [0.29, 0.717) is 23.3 Å². The van der Waals surface area contributed by atoms with Crippen molar-refractivity contribution in [3.05, 3.63) is 36.0 Å². The molecule has 0 saturated heterocycles. The molecule has 0 fully saturated rings. The lowest BCUT2D eigenvalue weighted by Gasteiger charge is -2.11. The Hall–Kier alpha value is -1.77. The fourth-order valence-corrected chi connectivity index (χ4v) is 2.36. The smallest absolute Gasteiger partial charge is 0.164 e. The minimum atomic E-state index is 0.338. The van der Waals surface area contributed by atoms with Crippen LogP contribution >= 0.6 is 0 Å². The van der Waals surface area contributed by atoms with E-state index in [1.54, 1.807) is 0 Å².